The first-order chi connectivity index (χ1) is 8.28. The van der Waals surface area contributed by atoms with E-state index in [1.165, 1.54) is 0 Å². The number of nitrogens with one attached hydrogen (secondary N) is 1. The van der Waals surface area contributed by atoms with Crippen LogP contribution in [0.25, 0.3) is 0 Å². The monoisotopic (exact) mass is 255 g/mol. The SMILES string of the molecule is Cc1noc(CNC(=O)CC(C)(C)CC(=O)O)n1. The minimum atomic E-state index is -0.916. The number of carboxylic acid groups (broad SMARTS) is 1. The van der Waals surface area contributed by atoms with Gasteiger partial charge in [-0.3, -0.25) is 9.59 Å². The zero-order chi connectivity index (χ0) is 13.8. The fourth-order valence-corrected chi connectivity index (χ4v) is 1.56. The number of rotatable bonds is 6. The van der Waals surface area contributed by atoms with E-state index in [4.69, 9.17) is 9.63 Å². The standard InChI is InChI=1S/C11H17N3O4/c1-7-13-9(18-14-7)6-12-8(15)4-11(2,3)5-10(16)17/h4-6H2,1-3H3,(H,12,15)(H,16,17). The van der Waals surface area contributed by atoms with Gasteiger partial charge in [0.25, 0.3) is 0 Å². The van der Waals surface area contributed by atoms with Crippen LogP contribution in [0.3, 0.4) is 0 Å². The summed E-state index contributed by atoms with van der Waals surface area (Å²) in [5.41, 5.74) is -0.583. The molecular weight excluding hydrogens is 238 g/mol. The van der Waals surface area contributed by atoms with Gasteiger partial charge in [0.2, 0.25) is 11.8 Å². The maximum atomic E-state index is 11.6. The van der Waals surface area contributed by atoms with Crippen molar-refractivity contribution in [3.8, 4) is 0 Å². The van der Waals surface area contributed by atoms with E-state index in [2.05, 4.69) is 15.5 Å². The predicted molar refractivity (Wildman–Crippen MR) is 61.5 cm³/mol. The van der Waals surface area contributed by atoms with Gasteiger partial charge in [0.05, 0.1) is 13.0 Å². The van der Waals surface area contributed by atoms with Crippen molar-refractivity contribution in [2.45, 2.75) is 40.2 Å². The van der Waals surface area contributed by atoms with E-state index >= 15 is 0 Å². The third-order valence-electron chi connectivity index (χ3n) is 2.28. The number of carboxylic acids is 1. The van der Waals surface area contributed by atoms with Crippen LogP contribution in [0.2, 0.25) is 0 Å². The molecule has 1 aromatic heterocycles. The third kappa shape index (κ3) is 4.94. The van der Waals surface area contributed by atoms with Gasteiger partial charge in [-0.2, -0.15) is 4.98 Å². The summed E-state index contributed by atoms with van der Waals surface area (Å²) >= 11 is 0. The number of amides is 1. The molecule has 1 aromatic rings. The van der Waals surface area contributed by atoms with Gasteiger partial charge in [0.1, 0.15) is 0 Å². The molecule has 0 saturated heterocycles. The molecule has 0 radical (unpaired) electrons. The Kier molecular flexibility index (Phi) is 4.41. The van der Waals surface area contributed by atoms with Crippen molar-refractivity contribution in [2.75, 3.05) is 0 Å². The molecule has 0 spiro atoms. The number of hydrogen-bond donors (Lipinski definition) is 2. The van der Waals surface area contributed by atoms with E-state index in [1.807, 2.05) is 0 Å². The van der Waals surface area contributed by atoms with Crippen LogP contribution in [-0.4, -0.2) is 27.1 Å². The molecule has 0 bridgehead atoms. The lowest BCUT2D eigenvalue weighted by Crippen LogP contribution is -2.29. The summed E-state index contributed by atoms with van der Waals surface area (Å²) in [6, 6.07) is 0. The van der Waals surface area contributed by atoms with Crippen LogP contribution in [0.15, 0.2) is 4.52 Å². The first kappa shape index (κ1) is 14.1. The van der Waals surface area contributed by atoms with E-state index in [9.17, 15) is 9.59 Å². The van der Waals surface area contributed by atoms with Gasteiger partial charge in [0.15, 0.2) is 5.82 Å². The molecule has 1 amide bonds. The highest BCUT2D eigenvalue weighted by Gasteiger charge is 2.25. The van der Waals surface area contributed by atoms with E-state index in [0.29, 0.717) is 11.7 Å². The van der Waals surface area contributed by atoms with Gasteiger partial charge in [-0.1, -0.05) is 19.0 Å². The molecule has 0 aliphatic carbocycles. The van der Waals surface area contributed by atoms with Crippen LogP contribution >= 0.6 is 0 Å². The molecule has 18 heavy (non-hydrogen) atoms. The number of carbonyl (C=O) groups excluding carboxylic acids is 1. The summed E-state index contributed by atoms with van der Waals surface area (Å²) in [5, 5.41) is 14.9. The second-order valence-corrected chi connectivity index (χ2v) is 4.92. The van der Waals surface area contributed by atoms with Gasteiger partial charge < -0.3 is 14.9 Å². The average Bonchev–Trinajstić information content (AvgIpc) is 2.58. The summed E-state index contributed by atoms with van der Waals surface area (Å²) < 4.78 is 4.84. The molecule has 0 aliphatic rings. The molecule has 0 atom stereocenters. The Hall–Kier alpha value is -1.92. The van der Waals surface area contributed by atoms with Crippen molar-refractivity contribution < 1.29 is 19.2 Å². The fraction of sp³-hybridized carbons (Fsp3) is 0.636. The normalized spacial score (nSPS) is 11.3. The van der Waals surface area contributed by atoms with Crippen LogP contribution in [0.5, 0.6) is 0 Å². The summed E-state index contributed by atoms with van der Waals surface area (Å²) in [4.78, 5) is 26.2. The molecule has 0 unspecified atom stereocenters. The van der Waals surface area contributed by atoms with Crippen molar-refractivity contribution >= 4 is 11.9 Å². The summed E-state index contributed by atoms with van der Waals surface area (Å²) in [5.74, 6) is -0.320. The van der Waals surface area contributed by atoms with E-state index in [-0.39, 0.29) is 25.3 Å². The Labute approximate surface area is 105 Å². The lowest BCUT2D eigenvalue weighted by Gasteiger charge is -2.21. The van der Waals surface area contributed by atoms with Crippen LogP contribution in [0.4, 0.5) is 0 Å². The number of carbonyl (C=O) groups is 2. The molecule has 0 fully saturated rings. The second-order valence-electron chi connectivity index (χ2n) is 4.92. The maximum Gasteiger partial charge on any atom is 0.303 e. The predicted octanol–water partition coefficient (Wildman–Crippen LogP) is 0.885. The molecule has 100 valence electrons. The molecule has 0 aromatic carbocycles. The number of nitrogens with zero attached hydrogens (tertiary/aromatic N) is 2. The molecule has 2 N–H and O–H groups in total. The molecular formula is C11H17N3O4. The minimum Gasteiger partial charge on any atom is -0.481 e. The largest absolute Gasteiger partial charge is 0.481 e. The van der Waals surface area contributed by atoms with Gasteiger partial charge in [0, 0.05) is 6.42 Å². The Morgan fingerprint density at radius 1 is 1.39 bits per heavy atom. The number of aliphatic carboxylic acids is 1. The van der Waals surface area contributed by atoms with Gasteiger partial charge >= 0.3 is 5.97 Å². The summed E-state index contributed by atoms with van der Waals surface area (Å²) in [6.45, 7) is 5.31. The first-order valence-electron chi connectivity index (χ1n) is 5.56. The van der Waals surface area contributed by atoms with Crippen LogP contribution in [-0.2, 0) is 16.1 Å². The molecule has 7 nitrogen and oxygen atoms in total. The topological polar surface area (TPSA) is 105 Å². The number of hydrogen-bond acceptors (Lipinski definition) is 5. The van der Waals surface area contributed by atoms with E-state index < -0.39 is 11.4 Å². The Bertz CT molecular complexity index is 439. The van der Waals surface area contributed by atoms with E-state index in [1.54, 1.807) is 20.8 Å². The zero-order valence-corrected chi connectivity index (χ0v) is 10.7. The molecule has 7 heteroatoms. The zero-order valence-electron chi connectivity index (χ0n) is 10.7. The highest BCUT2D eigenvalue weighted by molar-refractivity contribution is 5.77. The molecule has 0 saturated carbocycles. The maximum absolute atomic E-state index is 11.6. The molecule has 0 aliphatic heterocycles. The highest BCUT2D eigenvalue weighted by Crippen LogP contribution is 2.24. The minimum absolute atomic E-state index is 0.0555. The van der Waals surface area contributed by atoms with Gasteiger partial charge in [-0.15, -0.1) is 0 Å². The Morgan fingerprint density at radius 2 is 2.06 bits per heavy atom. The lowest BCUT2D eigenvalue weighted by atomic mass is 9.85. The number of aromatic nitrogens is 2. The second kappa shape index (κ2) is 5.61. The van der Waals surface area contributed by atoms with Crippen molar-refractivity contribution in [3.63, 3.8) is 0 Å². The summed E-state index contributed by atoms with van der Waals surface area (Å²) in [6.07, 6.45) is 0.0759. The van der Waals surface area contributed by atoms with Crippen LogP contribution < -0.4 is 5.32 Å². The fourth-order valence-electron chi connectivity index (χ4n) is 1.56. The average molecular weight is 255 g/mol. The van der Waals surface area contributed by atoms with Crippen molar-refractivity contribution in [2.24, 2.45) is 5.41 Å². The van der Waals surface area contributed by atoms with Crippen LogP contribution in [0, 0.1) is 12.3 Å². The highest BCUT2D eigenvalue weighted by atomic mass is 16.5. The molecule has 1 rings (SSSR count). The van der Waals surface area contributed by atoms with Crippen LogP contribution in [0.1, 0.15) is 38.4 Å². The number of aryl methyl sites for hydroxylation is 1. The van der Waals surface area contributed by atoms with Crippen molar-refractivity contribution in [1.82, 2.24) is 15.5 Å². The van der Waals surface area contributed by atoms with Crippen molar-refractivity contribution in [3.05, 3.63) is 11.7 Å². The van der Waals surface area contributed by atoms with E-state index in [0.717, 1.165) is 0 Å². The summed E-state index contributed by atoms with van der Waals surface area (Å²) in [7, 11) is 0. The third-order valence-corrected chi connectivity index (χ3v) is 2.28. The smallest absolute Gasteiger partial charge is 0.303 e. The molecule has 1 heterocycles. The van der Waals surface area contributed by atoms with Gasteiger partial charge in [-0.25, -0.2) is 0 Å². The Morgan fingerprint density at radius 3 is 2.56 bits per heavy atom. The Balaban J connectivity index is 2.39. The quantitative estimate of drug-likeness (QED) is 0.781. The first-order valence-corrected chi connectivity index (χ1v) is 5.56. The van der Waals surface area contributed by atoms with Crippen molar-refractivity contribution in [1.29, 1.82) is 0 Å². The van der Waals surface area contributed by atoms with Gasteiger partial charge in [-0.05, 0) is 12.3 Å². The lowest BCUT2D eigenvalue weighted by molar-refractivity contribution is -0.139.